The van der Waals surface area contributed by atoms with Crippen molar-refractivity contribution in [2.75, 3.05) is 6.54 Å². The molecule has 0 atom stereocenters. The topological polar surface area (TPSA) is 56.7 Å². The van der Waals surface area contributed by atoms with Gasteiger partial charge in [-0.3, -0.25) is 0 Å². The molecule has 0 saturated carbocycles. The fraction of sp³-hybridized carbons (Fsp3) is 0.385. The largest absolute Gasteiger partial charge is 0.416 e. The molecule has 0 spiro atoms. The zero-order chi connectivity index (χ0) is 15.5. The van der Waals surface area contributed by atoms with Crippen LogP contribution in [0.15, 0.2) is 29.4 Å². The molecule has 0 aliphatic heterocycles. The van der Waals surface area contributed by atoms with Crippen LogP contribution < -0.4 is 5.73 Å². The van der Waals surface area contributed by atoms with Crippen LogP contribution in [-0.2, 0) is 18.5 Å². The first-order chi connectivity index (χ1) is 9.91. The second kappa shape index (κ2) is 6.48. The summed E-state index contributed by atoms with van der Waals surface area (Å²) >= 11 is 1.43. The molecule has 0 unspecified atom stereocenters. The molecule has 0 fully saturated rings. The van der Waals surface area contributed by atoms with Crippen molar-refractivity contribution in [2.45, 2.75) is 30.6 Å². The summed E-state index contributed by atoms with van der Waals surface area (Å²) in [4.78, 5) is 0. The number of nitrogens with two attached hydrogens (primary N) is 1. The standard InChI is InChI=1S/C13H15F3N4S/c1-9-18-19-12(20(9)7-6-17)21-8-10-2-4-11(5-3-10)13(14,15)16/h2-5H,6-8,17H2,1H3. The Balaban J connectivity index is 2.03. The van der Waals surface area contributed by atoms with E-state index in [-0.39, 0.29) is 0 Å². The number of hydrogen-bond acceptors (Lipinski definition) is 4. The molecular formula is C13H15F3N4S. The summed E-state index contributed by atoms with van der Waals surface area (Å²) < 4.78 is 39.3. The van der Waals surface area contributed by atoms with Gasteiger partial charge in [-0.15, -0.1) is 10.2 Å². The Kier molecular flexibility index (Phi) is 4.89. The van der Waals surface area contributed by atoms with Gasteiger partial charge in [-0.2, -0.15) is 13.2 Å². The average molecular weight is 316 g/mol. The molecule has 0 radical (unpaired) electrons. The van der Waals surface area contributed by atoms with Gasteiger partial charge < -0.3 is 10.3 Å². The van der Waals surface area contributed by atoms with Crippen molar-refractivity contribution >= 4 is 11.8 Å². The van der Waals surface area contributed by atoms with Crippen molar-refractivity contribution in [1.29, 1.82) is 0 Å². The predicted molar refractivity (Wildman–Crippen MR) is 74.8 cm³/mol. The van der Waals surface area contributed by atoms with E-state index in [0.29, 0.717) is 18.8 Å². The maximum absolute atomic E-state index is 12.5. The molecule has 0 amide bonds. The Morgan fingerprint density at radius 3 is 2.43 bits per heavy atom. The molecule has 1 aromatic carbocycles. The van der Waals surface area contributed by atoms with Crippen LogP contribution in [0.3, 0.4) is 0 Å². The number of alkyl halides is 3. The Morgan fingerprint density at radius 2 is 1.86 bits per heavy atom. The van der Waals surface area contributed by atoms with Crippen molar-refractivity contribution in [1.82, 2.24) is 14.8 Å². The van der Waals surface area contributed by atoms with Gasteiger partial charge >= 0.3 is 6.18 Å². The van der Waals surface area contributed by atoms with Gasteiger partial charge in [-0.1, -0.05) is 23.9 Å². The quantitative estimate of drug-likeness (QED) is 0.862. The summed E-state index contributed by atoms with van der Waals surface area (Å²) in [7, 11) is 0. The number of hydrogen-bond donors (Lipinski definition) is 1. The van der Waals surface area contributed by atoms with Crippen LogP contribution in [0, 0.1) is 6.92 Å². The minimum atomic E-state index is -4.30. The number of aryl methyl sites for hydroxylation is 1. The van der Waals surface area contributed by atoms with Crippen LogP contribution in [0.2, 0.25) is 0 Å². The molecule has 1 heterocycles. The number of benzene rings is 1. The van der Waals surface area contributed by atoms with Crippen LogP contribution in [0.1, 0.15) is 17.0 Å². The molecule has 114 valence electrons. The summed E-state index contributed by atoms with van der Waals surface area (Å²) in [5, 5.41) is 8.75. The predicted octanol–water partition coefficient (Wildman–Crippen LogP) is 2.86. The second-order valence-electron chi connectivity index (χ2n) is 4.45. The first-order valence-corrected chi connectivity index (χ1v) is 7.29. The highest BCUT2D eigenvalue weighted by atomic mass is 32.2. The van der Waals surface area contributed by atoms with E-state index < -0.39 is 11.7 Å². The molecule has 2 N–H and O–H groups in total. The van der Waals surface area contributed by atoms with E-state index in [1.54, 1.807) is 0 Å². The van der Waals surface area contributed by atoms with Gasteiger partial charge in [0, 0.05) is 18.8 Å². The monoisotopic (exact) mass is 316 g/mol. The van der Waals surface area contributed by atoms with Crippen LogP contribution in [0.4, 0.5) is 13.2 Å². The van der Waals surface area contributed by atoms with E-state index in [1.165, 1.54) is 23.9 Å². The van der Waals surface area contributed by atoms with Crippen LogP contribution in [0.5, 0.6) is 0 Å². The van der Waals surface area contributed by atoms with Crippen LogP contribution in [-0.4, -0.2) is 21.3 Å². The molecule has 0 saturated heterocycles. The Morgan fingerprint density at radius 1 is 1.19 bits per heavy atom. The molecule has 1 aromatic heterocycles. The molecule has 8 heteroatoms. The summed E-state index contributed by atoms with van der Waals surface area (Å²) in [6, 6.07) is 5.14. The third-order valence-corrected chi connectivity index (χ3v) is 3.94. The van der Waals surface area contributed by atoms with Crippen molar-refractivity contribution in [3.8, 4) is 0 Å². The molecule has 21 heavy (non-hydrogen) atoms. The molecule has 2 rings (SSSR count). The smallest absolute Gasteiger partial charge is 0.329 e. The van der Waals surface area contributed by atoms with E-state index in [9.17, 15) is 13.2 Å². The van der Waals surface area contributed by atoms with E-state index in [2.05, 4.69) is 10.2 Å². The van der Waals surface area contributed by atoms with Crippen molar-refractivity contribution < 1.29 is 13.2 Å². The zero-order valence-electron chi connectivity index (χ0n) is 11.4. The van der Waals surface area contributed by atoms with E-state index in [4.69, 9.17) is 5.73 Å². The number of aromatic nitrogens is 3. The average Bonchev–Trinajstić information content (AvgIpc) is 2.78. The van der Waals surface area contributed by atoms with Gasteiger partial charge in [0.15, 0.2) is 5.16 Å². The number of thioether (sulfide) groups is 1. The van der Waals surface area contributed by atoms with Crippen LogP contribution in [0.25, 0.3) is 0 Å². The van der Waals surface area contributed by atoms with Gasteiger partial charge in [0.2, 0.25) is 0 Å². The van der Waals surface area contributed by atoms with Gasteiger partial charge in [0.05, 0.1) is 5.56 Å². The molecule has 0 bridgehead atoms. The third kappa shape index (κ3) is 3.98. The summed E-state index contributed by atoms with van der Waals surface area (Å²) in [5.41, 5.74) is 5.69. The van der Waals surface area contributed by atoms with Crippen molar-refractivity contribution in [3.63, 3.8) is 0 Å². The Hall–Kier alpha value is -1.54. The van der Waals surface area contributed by atoms with Gasteiger partial charge in [0.25, 0.3) is 0 Å². The SMILES string of the molecule is Cc1nnc(SCc2ccc(C(F)(F)F)cc2)n1CCN. The second-order valence-corrected chi connectivity index (χ2v) is 5.40. The Labute approximate surface area is 124 Å². The highest BCUT2D eigenvalue weighted by Gasteiger charge is 2.29. The van der Waals surface area contributed by atoms with Crippen molar-refractivity contribution in [3.05, 3.63) is 41.2 Å². The fourth-order valence-corrected chi connectivity index (χ4v) is 2.76. The summed E-state index contributed by atoms with van der Waals surface area (Å²) in [5.74, 6) is 1.30. The van der Waals surface area contributed by atoms with Gasteiger partial charge in [-0.25, -0.2) is 0 Å². The first kappa shape index (κ1) is 15.8. The van der Waals surface area contributed by atoms with Gasteiger partial charge in [-0.05, 0) is 24.6 Å². The van der Waals surface area contributed by atoms with E-state index in [0.717, 1.165) is 28.7 Å². The maximum atomic E-state index is 12.5. The van der Waals surface area contributed by atoms with E-state index in [1.807, 2.05) is 11.5 Å². The molecule has 2 aromatic rings. The number of halogens is 3. The molecule has 0 aliphatic carbocycles. The highest BCUT2D eigenvalue weighted by molar-refractivity contribution is 7.98. The highest BCUT2D eigenvalue weighted by Crippen LogP contribution is 2.30. The third-order valence-electron chi connectivity index (χ3n) is 2.90. The lowest BCUT2D eigenvalue weighted by atomic mass is 10.1. The summed E-state index contributed by atoms with van der Waals surface area (Å²) in [6.07, 6.45) is -4.30. The first-order valence-electron chi connectivity index (χ1n) is 6.30. The minimum absolute atomic E-state index is 0.479. The maximum Gasteiger partial charge on any atom is 0.416 e. The minimum Gasteiger partial charge on any atom is -0.329 e. The van der Waals surface area contributed by atoms with Crippen LogP contribution >= 0.6 is 11.8 Å². The lowest BCUT2D eigenvalue weighted by Gasteiger charge is -2.08. The molecule has 0 aliphatic rings. The normalized spacial score (nSPS) is 11.9. The molecular weight excluding hydrogens is 301 g/mol. The number of nitrogens with zero attached hydrogens (tertiary/aromatic N) is 3. The van der Waals surface area contributed by atoms with Crippen molar-refractivity contribution in [2.24, 2.45) is 5.73 Å². The lowest BCUT2D eigenvalue weighted by Crippen LogP contribution is -2.12. The fourth-order valence-electron chi connectivity index (χ4n) is 1.79. The Bertz CT molecular complexity index is 592. The lowest BCUT2D eigenvalue weighted by molar-refractivity contribution is -0.137. The summed E-state index contributed by atoms with van der Waals surface area (Å²) in [6.45, 7) is 2.94. The van der Waals surface area contributed by atoms with Gasteiger partial charge in [0.1, 0.15) is 5.82 Å². The molecule has 4 nitrogen and oxygen atoms in total. The number of rotatable bonds is 5. The van der Waals surface area contributed by atoms with E-state index >= 15 is 0 Å². The zero-order valence-corrected chi connectivity index (χ0v) is 12.2.